The number of hydrogen-bond acceptors (Lipinski definition) is 9. The number of methoxy groups -OCH3 is 1. The Morgan fingerprint density at radius 1 is 1.26 bits per heavy atom. The van der Waals surface area contributed by atoms with Crippen molar-refractivity contribution in [2.75, 3.05) is 21.2 Å². The quantitative estimate of drug-likeness (QED) is 0.393. The number of ketones is 2. The number of nitrogens with two attached hydrogens (primary N) is 1. The van der Waals surface area contributed by atoms with Crippen molar-refractivity contribution >= 4 is 17.5 Å². The van der Waals surface area contributed by atoms with Gasteiger partial charge in [-0.05, 0) is 57.0 Å². The molecule has 3 aliphatic carbocycles. The Morgan fingerprint density at radius 3 is 2.47 bits per heavy atom. The molecule has 0 saturated carbocycles. The molecule has 0 radical (unpaired) electrons. The first-order valence-corrected chi connectivity index (χ1v) is 10.9. The van der Waals surface area contributed by atoms with Gasteiger partial charge in [0.05, 0.1) is 18.2 Å². The Bertz CT molecular complexity index is 1200. The fourth-order valence-electron chi connectivity index (χ4n) is 5.84. The number of likely N-dealkylation sites (N-methyl/N-ethyl adjacent to an activating group) is 1. The van der Waals surface area contributed by atoms with Crippen LogP contribution in [0.4, 0.5) is 0 Å². The molecule has 0 fully saturated rings. The maximum Gasteiger partial charge on any atom is 0.255 e. The largest absolute Gasteiger partial charge is 0.510 e. The van der Waals surface area contributed by atoms with Crippen molar-refractivity contribution in [2.45, 2.75) is 38.0 Å². The second-order valence-electron chi connectivity index (χ2n) is 9.45. The number of amides is 1. The summed E-state index contributed by atoms with van der Waals surface area (Å²) < 4.78 is 5.10. The van der Waals surface area contributed by atoms with Crippen molar-refractivity contribution in [1.29, 1.82) is 0 Å². The highest BCUT2D eigenvalue weighted by molar-refractivity contribution is 6.24. The molecule has 6 N–H and O–H groups in total. The minimum atomic E-state index is -2.64. The Labute approximate surface area is 195 Å². The highest BCUT2D eigenvalue weighted by Gasteiger charge is 2.63. The summed E-state index contributed by atoms with van der Waals surface area (Å²) in [5.41, 5.74) is 3.44. The van der Waals surface area contributed by atoms with E-state index in [0.29, 0.717) is 11.1 Å². The minimum Gasteiger partial charge on any atom is -0.510 e. The lowest BCUT2D eigenvalue weighted by Crippen LogP contribution is -2.63. The molecule has 3 aliphatic rings. The molecule has 1 aromatic rings. The molecule has 0 spiro atoms. The SMILES string of the molecule is COCc1cc(C)c2c(c1O)C(=O)C1=C(O)C3(O)C(=O)C(C(N)=O)=C(O)C(N(C)C)C3CC1C2. The minimum absolute atomic E-state index is 0.00664. The van der Waals surface area contributed by atoms with E-state index in [2.05, 4.69) is 0 Å². The summed E-state index contributed by atoms with van der Waals surface area (Å²) in [5, 5.41) is 44.4. The van der Waals surface area contributed by atoms with E-state index in [1.807, 2.05) is 0 Å². The van der Waals surface area contributed by atoms with Crippen LogP contribution in [0, 0.1) is 18.8 Å². The smallest absolute Gasteiger partial charge is 0.255 e. The average Bonchev–Trinajstić information content (AvgIpc) is 2.74. The molecule has 0 saturated heterocycles. The summed E-state index contributed by atoms with van der Waals surface area (Å²) in [6.45, 7) is 1.86. The second kappa shape index (κ2) is 7.93. The lowest BCUT2D eigenvalue weighted by atomic mass is 9.58. The van der Waals surface area contributed by atoms with Crippen LogP contribution in [0.3, 0.4) is 0 Å². The van der Waals surface area contributed by atoms with Crippen LogP contribution in [0.5, 0.6) is 5.75 Å². The number of phenolic OH excluding ortho intramolecular Hbond substituents is 1. The highest BCUT2D eigenvalue weighted by atomic mass is 16.5. The lowest BCUT2D eigenvalue weighted by Gasteiger charge is -2.50. The molecule has 4 rings (SSSR count). The number of aryl methyl sites for hydroxylation is 1. The van der Waals surface area contributed by atoms with Gasteiger partial charge in [0.15, 0.2) is 11.4 Å². The topological polar surface area (TPSA) is 171 Å². The van der Waals surface area contributed by atoms with E-state index < -0.39 is 58.0 Å². The third-order valence-corrected chi connectivity index (χ3v) is 7.32. The molecular formula is C24H28N2O8. The van der Waals surface area contributed by atoms with E-state index in [1.54, 1.807) is 27.1 Å². The summed E-state index contributed by atoms with van der Waals surface area (Å²) in [6.07, 6.45) is 0.326. The van der Waals surface area contributed by atoms with Gasteiger partial charge in [-0.2, -0.15) is 0 Å². The van der Waals surface area contributed by atoms with Crippen molar-refractivity contribution < 1.29 is 39.5 Å². The van der Waals surface area contributed by atoms with Gasteiger partial charge >= 0.3 is 0 Å². The van der Waals surface area contributed by atoms with Gasteiger partial charge in [-0.1, -0.05) is 0 Å². The van der Waals surface area contributed by atoms with Crippen LogP contribution in [-0.2, 0) is 27.4 Å². The van der Waals surface area contributed by atoms with Crippen LogP contribution < -0.4 is 5.73 Å². The number of benzene rings is 1. The van der Waals surface area contributed by atoms with Gasteiger partial charge in [0.1, 0.15) is 22.8 Å². The second-order valence-corrected chi connectivity index (χ2v) is 9.45. The number of ether oxygens (including phenoxy) is 1. The Hall–Kier alpha value is -3.21. The number of allylic oxidation sites excluding steroid dienone is 1. The van der Waals surface area contributed by atoms with Crippen molar-refractivity contribution in [2.24, 2.45) is 17.6 Å². The maximum absolute atomic E-state index is 13.6. The normalized spacial score (nSPS) is 28.7. The summed E-state index contributed by atoms with van der Waals surface area (Å²) in [5.74, 6) is -6.58. The lowest BCUT2D eigenvalue weighted by molar-refractivity contribution is -0.148. The van der Waals surface area contributed by atoms with E-state index in [1.165, 1.54) is 12.0 Å². The number of carbonyl (C=O) groups excluding carboxylic acids is 3. The first-order valence-electron chi connectivity index (χ1n) is 10.9. The van der Waals surface area contributed by atoms with Crippen LogP contribution in [0.15, 0.2) is 28.7 Å². The number of primary amides is 1. The number of aliphatic hydroxyl groups excluding tert-OH is 2. The molecule has 10 heteroatoms. The predicted octanol–water partition coefficient (Wildman–Crippen LogP) is 0.575. The molecule has 34 heavy (non-hydrogen) atoms. The van der Waals surface area contributed by atoms with Crippen LogP contribution in [0.2, 0.25) is 0 Å². The summed E-state index contributed by atoms with van der Waals surface area (Å²) in [6, 6.07) is 0.725. The Kier molecular flexibility index (Phi) is 5.58. The zero-order chi connectivity index (χ0) is 25.3. The van der Waals surface area contributed by atoms with E-state index in [0.717, 1.165) is 5.56 Å². The predicted molar refractivity (Wildman–Crippen MR) is 119 cm³/mol. The van der Waals surface area contributed by atoms with Gasteiger partial charge in [-0.15, -0.1) is 0 Å². The van der Waals surface area contributed by atoms with Gasteiger partial charge in [0.25, 0.3) is 5.91 Å². The number of aromatic hydroxyl groups is 1. The molecule has 182 valence electrons. The first-order chi connectivity index (χ1) is 15.9. The number of carbonyl (C=O) groups is 3. The number of Topliss-reactive ketones (excluding diaryl/α,β-unsaturated/α-hetero) is 2. The van der Waals surface area contributed by atoms with Gasteiger partial charge < -0.3 is 30.9 Å². The van der Waals surface area contributed by atoms with Crippen LogP contribution in [-0.4, -0.2) is 75.6 Å². The standard InChI is InChI=1S/C24H28N2O8/c1-9-5-11(8-34-4)18(27)15-12(9)6-10-7-13-17(26(2)3)20(29)16(23(25)32)22(31)24(13,33)21(30)14(10)19(15)28/h5,10,13,17,27,29-30,33H,6-8H2,1-4H3,(H2,25,32). The number of rotatable bonds is 4. The number of aliphatic hydroxyl groups is 3. The summed E-state index contributed by atoms with van der Waals surface area (Å²) >= 11 is 0. The number of fused-ring (bicyclic) bond motifs is 3. The molecule has 0 aliphatic heterocycles. The van der Waals surface area contributed by atoms with Crippen molar-refractivity contribution in [3.8, 4) is 5.75 Å². The van der Waals surface area contributed by atoms with Crippen molar-refractivity contribution in [3.63, 3.8) is 0 Å². The fourth-order valence-corrected chi connectivity index (χ4v) is 5.84. The molecule has 4 unspecified atom stereocenters. The number of hydrogen-bond donors (Lipinski definition) is 5. The molecule has 10 nitrogen and oxygen atoms in total. The molecule has 1 aromatic carbocycles. The van der Waals surface area contributed by atoms with Gasteiger partial charge in [0.2, 0.25) is 5.78 Å². The molecule has 4 atom stereocenters. The average molecular weight is 472 g/mol. The first kappa shape index (κ1) is 23.9. The molecule has 0 aromatic heterocycles. The zero-order valence-electron chi connectivity index (χ0n) is 19.4. The summed E-state index contributed by atoms with van der Waals surface area (Å²) in [4.78, 5) is 40.4. The van der Waals surface area contributed by atoms with Crippen LogP contribution in [0.25, 0.3) is 0 Å². The summed E-state index contributed by atoms with van der Waals surface area (Å²) in [7, 11) is 4.63. The van der Waals surface area contributed by atoms with E-state index in [4.69, 9.17) is 10.5 Å². The third kappa shape index (κ3) is 3.02. The molecule has 0 heterocycles. The molecular weight excluding hydrogens is 444 g/mol. The van der Waals surface area contributed by atoms with Gasteiger partial charge in [-0.3, -0.25) is 19.3 Å². The van der Waals surface area contributed by atoms with Crippen molar-refractivity contribution in [3.05, 3.63) is 51.0 Å². The van der Waals surface area contributed by atoms with E-state index >= 15 is 0 Å². The molecule has 1 amide bonds. The van der Waals surface area contributed by atoms with E-state index in [9.17, 15) is 34.8 Å². The van der Waals surface area contributed by atoms with Gasteiger partial charge in [-0.25, -0.2) is 0 Å². The van der Waals surface area contributed by atoms with Crippen LogP contribution in [0.1, 0.15) is 33.5 Å². The Morgan fingerprint density at radius 2 is 1.91 bits per heavy atom. The highest BCUT2D eigenvalue weighted by Crippen LogP contribution is 2.52. The fraction of sp³-hybridized carbons (Fsp3) is 0.458. The van der Waals surface area contributed by atoms with Crippen molar-refractivity contribution in [1.82, 2.24) is 4.90 Å². The third-order valence-electron chi connectivity index (χ3n) is 7.32. The monoisotopic (exact) mass is 472 g/mol. The van der Waals surface area contributed by atoms with Crippen LogP contribution >= 0.6 is 0 Å². The number of nitrogens with zero attached hydrogens (tertiary/aromatic N) is 1. The Balaban J connectivity index is 1.96. The number of phenols is 1. The van der Waals surface area contributed by atoms with E-state index in [-0.39, 0.29) is 36.3 Å². The maximum atomic E-state index is 13.6. The zero-order valence-corrected chi connectivity index (χ0v) is 19.4. The van der Waals surface area contributed by atoms with Gasteiger partial charge in [0, 0.05) is 24.2 Å². The molecule has 0 bridgehead atoms.